The van der Waals surface area contributed by atoms with E-state index in [9.17, 15) is 0 Å². The van der Waals surface area contributed by atoms with Gasteiger partial charge in [-0.2, -0.15) is 5.10 Å². The van der Waals surface area contributed by atoms with Crippen LogP contribution in [0.3, 0.4) is 0 Å². The third-order valence-corrected chi connectivity index (χ3v) is 3.25. The molecule has 0 fully saturated rings. The van der Waals surface area contributed by atoms with Gasteiger partial charge in [-0.25, -0.2) is 4.98 Å². The monoisotopic (exact) mass is 207 g/mol. The van der Waals surface area contributed by atoms with Crippen LogP contribution in [0.4, 0.5) is 5.82 Å². The first-order chi connectivity index (χ1) is 6.86. The zero-order valence-electron chi connectivity index (χ0n) is 7.40. The topological polar surface area (TPSA) is 72.5 Å². The molecule has 0 spiro atoms. The summed E-state index contributed by atoms with van der Waals surface area (Å²) >= 11 is 1.74. The van der Waals surface area contributed by atoms with Crippen LogP contribution in [0.5, 0.6) is 0 Å². The van der Waals surface area contributed by atoms with Crippen LogP contribution in [0, 0.1) is 0 Å². The molecule has 6 heteroatoms. The highest BCUT2D eigenvalue weighted by Crippen LogP contribution is 2.33. The van der Waals surface area contributed by atoms with Gasteiger partial charge in [0.05, 0.1) is 6.20 Å². The molecule has 3 rings (SSSR count). The SMILES string of the molecule is Nc1c(-c2cn[nH]c2)nc2n1CCS2. The van der Waals surface area contributed by atoms with Gasteiger partial charge in [0.1, 0.15) is 11.5 Å². The van der Waals surface area contributed by atoms with E-state index in [4.69, 9.17) is 5.73 Å². The molecule has 0 saturated carbocycles. The number of nitrogen functional groups attached to an aromatic ring is 1. The number of anilines is 1. The number of hydrogen-bond acceptors (Lipinski definition) is 4. The van der Waals surface area contributed by atoms with Crippen LogP contribution in [0.2, 0.25) is 0 Å². The van der Waals surface area contributed by atoms with E-state index in [-0.39, 0.29) is 0 Å². The lowest BCUT2D eigenvalue weighted by Crippen LogP contribution is -2.00. The molecule has 1 aliphatic heterocycles. The van der Waals surface area contributed by atoms with E-state index in [1.54, 1.807) is 24.2 Å². The number of hydrogen-bond donors (Lipinski definition) is 2. The normalized spacial score (nSPS) is 14.6. The maximum absolute atomic E-state index is 5.99. The fourth-order valence-corrected chi connectivity index (χ4v) is 2.55. The Morgan fingerprint density at radius 3 is 3.21 bits per heavy atom. The second-order valence-electron chi connectivity index (χ2n) is 3.12. The summed E-state index contributed by atoms with van der Waals surface area (Å²) in [5, 5.41) is 7.66. The third-order valence-electron chi connectivity index (χ3n) is 2.29. The number of fused-ring (bicyclic) bond motifs is 1. The van der Waals surface area contributed by atoms with Gasteiger partial charge in [0.25, 0.3) is 0 Å². The van der Waals surface area contributed by atoms with E-state index in [0.29, 0.717) is 0 Å². The van der Waals surface area contributed by atoms with Crippen molar-refractivity contribution in [3.63, 3.8) is 0 Å². The lowest BCUT2D eigenvalue weighted by Gasteiger charge is -1.98. The van der Waals surface area contributed by atoms with Crippen LogP contribution in [-0.4, -0.2) is 25.5 Å². The van der Waals surface area contributed by atoms with Gasteiger partial charge in [-0.05, 0) is 0 Å². The number of H-pyrrole nitrogens is 1. The summed E-state index contributed by atoms with van der Waals surface area (Å²) < 4.78 is 2.05. The lowest BCUT2D eigenvalue weighted by atomic mass is 10.2. The first-order valence-electron chi connectivity index (χ1n) is 4.34. The molecule has 0 saturated heterocycles. The van der Waals surface area contributed by atoms with Gasteiger partial charge in [-0.1, -0.05) is 11.8 Å². The Morgan fingerprint density at radius 1 is 1.57 bits per heavy atom. The Balaban J connectivity index is 2.17. The van der Waals surface area contributed by atoms with Crippen molar-refractivity contribution in [2.75, 3.05) is 11.5 Å². The fraction of sp³-hybridized carbons (Fsp3) is 0.250. The maximum Gasteiger partial charge on any atom is 0.170 e. The number of aromatic nitrogens is 4. The molecule has 0 amide bonds. The van der Waals surface area contributed by atoms with Crippen molar-refractivity contribution >= 4 is 17.6 Å². The Hall–Kier alpha value is -1.43. The molecule has 1 aliphatic rings. The Morgan fingerprint density at radius 2 is 2.50 bits per heavy atom. The highest BCUT2D eigenvalue weighted by Gasteiger charge is 2.20. The van der Waals surface area contributed by atoms with Gasteiger partial charge in [0, 0.05) is 24.1 Å². The molecule has 0 aromatic carbocycles. The summed E-state index contributed by atoms with van der Waals surface area (Å²) in [5.41, 5.74) is 7.77. The van der Waals surface area contributed by atoms with Crippen molar-refractivity contribution < 1.29 is 0 Å². The minimum Gasteiger partial charge on any atom is -0.383 e. The van der Waals surface area contributed by atoms with Crippen LogP contribution in [0.1, 0.15) is 0 Å². The second-order valence-corrected chi connectivity index (χ2v) is 4.18. The van der Waals surface area contributed by atoms with E-state index in [2.05, 4.69) is 15.2 Å². The number of nitrogens with two attached hydrogens (primary N) is 1. The molecule has 0 aliphatic carbocycles. The molecule has 3 heterocycles. The molecule has 0 bridgehead atoms. The molecule has 72 valence electrons. The number of imidazole rings is 1. The summed E-state index contributed by atoms with van der Waals surface area (Å²) in [6.45, 7) is 0.955. The molecular weight excluding hydrogens is 198 g/mol. The van der Waals surface area contributed by atoms with Crippen molar-refractivity contribution in [1.82, 2.24) is 19.7 Å². The Kier molecular flexibility index (Phi) is 1.57. The lowest BCUT2D eigenvalue weighted by molar-refractivity contribution is 0.729. The summed E-state index contributed by atoms with van der Waals surface area (Å²) in [4.78, 5) is 4.47. The van der Waals surface area contributed by atoms with Crippen LogP contribution in [0.25, 0.3) is 11.3 Å². The van der Waals surface area contributed by atoms with Gasteiger partial charge in [-0.15, -0.1) is 0 Å². The molecular formula is C8H9N5S. The van der Waals surface area contributed by atoms with Crippen LogP contribution < -0.4 is 5.73 Å². The summed E-state index contributed by atoms with van der Waals surface area (Å²) in [7, 11) is 0. The van der Waals surface area contributed by atoms with Gasteiger partial charge in [0.15, 0.2) is 5.16 Å². The number of aromatic amines is 1. The minimum absolute atomic E-state index is 0.742. The molecule has 0 atom stereocenters. The van der Waals surface area contributed by atoms with E-state index < -0.39 is 0 Å². The number of thioether (sulfide) groups is 1. The summed E-state index contributed by atoms with van der Waals surface area (Å²) in [6.07, 6.45) is 3.54. The van der Waals surface area contributed by atoms with Crippen molar-refractivity contribution in [1.29, 1.82) is 0 Å². The number of nitrogens with zero attached hydrogens (tertiary/aromatic N) is 3. The molecule has 2 aromatic heterocycles. The quantitative estimate of drug-likeness (QED) is 0.730. The van der Waals surface area contributed by atoms with Gasteiger partial charge < -0.3 is 10.3 Å². The van der Waals surface area contributed by atoms with Gasteiger partial charge >= 0.3 is 0 Å². The number of rotatable bonds is 1. The smallest absolute Gasteiger partial charge is 0.170 e. The van der Waals surface area contributed by atoms with Crippen molar-refractivity contribution in [3.05, 3.63) is 12.4 Å². The van der Waals surface area contributed by atoms with Crippen LogP contribution >= 0.6 is 11.8 Å². The molecule has 2 aromatic rings. The number of nitrogens with one attached hydrogen (secondary N) is 1. The highest BCUT2D eigenvalue weighted by molar-refractivity contribution is 7.99. The molecule has 5 nitrogen and oxygen atoms in total. The molecule has 3 N–H and O–H groups in total. The minimum atomic E-state index is 0.742. The molecule has 14 heavy (non-hydrogen) atoms. The second kappa shape index (κ2) is 2.78. The van der Waals surface area contributed by atoms with Crippen molar-refractivity contribution in [2.45, 2.75) is 11.7 Å². The van der Waals surface area contributed by atoms with Crippen molar-refractivity contribution in [2.24, 2.45) is 0 Å². The summed E-state index contributed by atoms with van der Waals surface area (Å²) in [5.74, 6) is 1.81. The van der Waals surface area contributed by atoms with Crippen molar-refractivity contribution in [3.8, 4) is 11.3 Å². The fourth-order valence-electron chi connectivity index (χ4n) is 1.59. The maximum atomic E-state index is 5.99. The van der Waals surface area contributed by atoms with E-state index in [1.807, 2.05) is 4.57 Å². The van der Waals surface area contributed by atoms with E-state index >= 15 is 0 Å². The standard InChI is InChI=1S/C8H9N5S/c9-7-6(5-3-10-11-4-5)12-8-13(7)1-2-14-8/h3-4H,1-2,9H2,(H,10,11). The average molecular weight is 207 g/mol. The van der Waals surface area contributed by atoms with Crippen LogP contribution in [0.15, 0.2) is 17.6 Å². The third kappa shape index (κ3) is 0.971. The predicted octanol–water partition coefficient (Wildman–Crippen LogP) is 0.961. The zero-order chi connectivity index (χ0) is 9.54. The average Bonchev–Trinajstić information content (AvgIpc) is 2.84. The Labute approximate surface area is 84.7 Å². The highest BCUT2D eigenvalue weighted by atomic mass is 32.2. The first kappa shape index (κ1) is 7.93. The van der Waals surface area contributed by atoms with Gasteiger partial charge in [-0.3, -0.25) is 5.10 Å². The van der Waals surface area contributed by atoms with Gasteiger partial charge in [0.2, 0.25) is 0 Å². The zero-order valence-corrected chi connectivity index (χ0v) is 8.21. The largest absolute Gasteiger partial charge is 0.383 e. The van der Waals surface area contributed by atoms with Crippen LogP contribution in [-0.2, 0) is 6.54 Å². The first-order valence-corrected chi connectivity index (χ1v) is 5.33. The summed E-state index contributed by atoms with van der Waals surface area (Å²) in [6, 6.07) is 0. The van der Waals surface area contributed by atoms with E-state index in [0.717, 1.165) is 34.5 Å². The molecule has 0 unspecified atom stereocenters. The molecule has 0 radical (unpaired) electrons. The Bertz CT molecular complexity index is 458. The van der Waals surface area contributed by atoms with E-state index in [1.165, 1.54) is 0 Å². The predicted molar refractivity (Wildman–Crippen MR) is 54.9 cm³/mol.